The van der Waals surface area contributed by atoms with Crippen LogP contribution < -0.4 is 0 Å². The number of oxazole rings is 1. The van der Waals surface area contributed by atoms with Gasteiger partial charge in [0.25, 0.3) is 0 Å². The lowest BCUT2D eigenvalue weighted by Crippen LogP contribution is -1.78. The first-order valence-electron chi connectivity index (χ1n) is 3.26. The molecule has 0 amide bonds. The van der Waals surface area contributed by atoms with E-state index in [0.717, 1.165) is 3.01 Å². The molecule has 2 aromatic rings. The summed E-state index contributed by atoms with van der Waals surface area (Å²) in [5, 5.41) is 10.4. The first-order valence-corrected chi connectivity index (χ1v) is 5.22. The zero-order valence-corrected chi connectivity index (χ0v) is 9.16. The van der Waals surface area contributed by atoms with Crippen molar-refractivity contribution in [1.82, 2.24) is 9.97 Å². The standard InChI is InChI=1S/C7H2IN3OS/c8-7-11-5(3-13-7)6-10-4(1-9)2-12-6/h2-3H. The largest absolute Gasteiger partial charge is 0.442 e. The molecule has 0 spiro atoms. The van der Waals surface area contributed by atoms with Gasteiger partial charge in [0.2, 0.25) is 5.89 Å². The van der Waals surface area contributed by atoms with E-state index in [9.17, 15) is 0 Å². The molecule has 0 bridgehead atoms. The predicted octanol–water partition coefficient (Wildman–Crippen LogP) is 2.27. The summed E-state index contributed by atoms with van der Waals surface area (Å²) in [6, 6.07) is 1.89. The number of halogens is 1. The molecule has 2 heterocycles. The van der Waals surface area contributed by atoms with Crippen molar-refractivity contribution in [2.45, 2.75) is 0 Å². The van der Waals surface area contributed by atoms with Gasteiger partial charge in [0.1, 0.15) is 18.0 Å². The van der Waals surface area contributed by atoms with E-state index >= 15 is 0 Å². The summed E-state index contributed by atoms with van der Waals surface area (Å²) in [7, 11) is 0. The average molecular weight is 303 g/mol. The third kappa shape index (κ3) is 1.71. The molecule has 0 saturated carbocycles. The Labute approximate surface area is 91.4 Å². The van der Waals surface area contributed by atoms with Crippen LogP contribution in [-0.2, 0) is 0 Å². The molecule has 0 N–H and O–H groups in total. The second kappa shape index (κ2) is 3.43. The van der Waals surface area contributed by atoms with Crippen LogP contribution in [-0.4, -0.2) is 9.97 Å². The van der Waals surface area contributed by atoms with Crippen molar-refractivity contribution >= 4 is 33.9 Å². The van der Waals surface area contributed by atoms with Gasteiger partial charge in [0.05, 0.1) is 0 Å². The van der Waals surface area contributed by atoms with Gasteiger partial charge in [0, 0.05) is 5.38 Å². The number of hydrogen-bond acceptors (Lipinski definition) is 5. The second-order valence-electron chi connectivity index (χ2n) is 2.14. The first-order chi connectivity index (χ1) is 6.29. The Balaban J connectivity index is 2.42. The van der Waals surface area contributed by atoms with Crippen LogP contribution >= 0.6 is 33.9 Å². The summed E-state index contributed by atoms with van der Waals surface area (Å²) in [6.07, 6.45) is 1.32. The molecule has 2 rings (SSSR count). The second-order valence-corrected chi connectivity index (χ2v) is 4.75. The molecule has 0 fully saturated rings. The van der Waals surface area contributed by atoms with Crippen molar-refractivity contribution in [1.29, 1.82) is 5.26 Å². The summed E-state index contributed by atoms with van der Waals surface area (Å²) in [5.41, 5.74) is 0.953. The number of hydrogen-bond donors (Lipinski definition) is 0. The SMILES string of the molecule is N#Cc1coc(-c2csc(I)n2)n1. The highest BCUT2D eigenvalue weighted by molar-refractivity contribution is 14.1. The third-order valence-corrected chi connectivity index (χ3v) is 2.94. The predicted molar refractivity (Wildman–Crippen MR) is 55.0 cm³/mol. The van der Waals surface area contributed by atoms with E-state index in [2.05, 4.69) is 32.6 Å². The topological polar surface area (TPSA) is 62.7 Å². The van der Waals surface area contributed by atoms with Crippen LogP contribution in [0.5, 0.6) is 0 Å². The first kappa shape index (κ1) is 8.65. The van der Waals surface area contributed by atoms with Gasteiger partial charge in [0.15, 0.2) is 8.71 Å². The zero-order chi connectivity index (χ0) is 9.26. The Hall–Kier alpha value is -0.940. The molecular weight excluding hydrogens is 301 g/mol. The number of nitriles is 1. The molecule has 0 unspecified atom stereocenters. The molecule has 0 saturated heterocycles. The van der Waals surface area contributed by atoms with E-state index in [1.54, 1.807) is 0 Å². The van der Waals surface area contributed by atoms with Crippen LogP contribution in [0.2, 0.25) is 0 Å². The fourth-order valence-electron chi connectivity index (χ4n) is 0.793. The molecule has 0 aliphatic rings. The van der Waals surface area contributed by atoms with Crippen LogP contribution in [0.3, 0.4) is 0 Å². The van der Waals surface area contributed by atoms with Crippen molar-refractivity contribution in [3.05, 3.63) is 20.4 Å². The van der Waals surface area contributed by atoms with Crippen molar-refractivity contribution in [2.24, 2.45) is 0 Å². The Morgan fingerprint density at radius 3 is 2.92 bits per heavy atom. The highest BCUT2D eigenvalue weighted by Crippen LogP contribution is 2.21. The Morgan fingerprint density at radius 1 is 1.54 bits per heavy atom. The van der Waals surface area contributed by atoms with E-state index in [0.29, 0.717) is 11.6 Å². The average Bonchev–Trinajstić information content (AvgIpc) is 2.71. The van der Waals surface area contributed by atoms with E-state index in [-0.39, 0.29) is 5.69 Å². The molecule has 4 nitrogen and oxygen atoms in total. The lowest BCUT2D eigenvalue weighted by Gasteiger charge is -1.82. The molecule has 0 atom stereocenters. The van der Waals surface area contributed by atoms with E-state index in [4.69, 9.17) is 9.68 Å². The molecule has 6 heteroatoms. The highest BCUT2D eigenvalue weighted by Gasteiger charge is 2.09. The summed E-state index contributed by atoms with van der Waals surface area (Å²) >= 11 is 3.63. The summed E-state index contributed by atoms with van der Waals surface area (Å²) < 4.78 is 5.98. The maximum Gasteiger partial charge on any atom is 0.247 e. The minimum atomic E-state index is 0.276. The molecular formula is C7H2IN3OS. The molecule has 0 aromatic carbocycles. The summed E-state index contributed by atoms with van der Waals surface area (Å²) in [4.78, 5) is 8.09. The van der Waals surface area contributed by atoms with Crippen molar-refractivity contribution in [2.75, 3.05) is 0 Å². The molecule has 0 aliphatic carbocycles. The van der Waals surface area contributed by atoms with Crippen LogP contribution in [0.25, 0.3) is 11.6 Å². The number of nitrogens with zero attached hydrogens (tertiary/aromatic N) is 3. The minimum Gasteiger partial charge on any atom is -0.442 e. The van der Waals surface area contributed by atoms with Gasteiger partial charge in [-0.2, -0.15) is 10.2 Å². The Morgan fingerprint density at radius 2 is 2.38 bits per heavy atom. The quantitative estimate of drug-likeness (QED) is 0.758. The maximum absolute atomic E-state index is 8.51. The van der Waals surface area contributed by atoms with Gasteiger partial charge in [-0.3, -0.25) is 0 Å². The van der Waals surface area contributed by atoms with Gasteiger partial charge in [-0.25, -0.2) is 4.98 Å². The molecule has 13 heavy (non-hydrogen) atoms. The van der Waals surface area contributed by atoms with E-state index < -0.39 is 0 Å². The number of rotatable bonds is 1. The minimum absolute atomic E-state index is 0.276. The van der Waals surface area contributed by atoms with Crippen LogP contribution in [0.15, 0.2) is 16.1 Å². The van der Waals surface area contributed by atoms with Crippen LogP contribution in [0, 0.1) is 14.3 Å². The normalized spacial score (nSPS) is 9.85. The van der Waals surface area contributed by atoms with Gasteiger partial charge >= 0.3 is 0 Å². The fraction of sp³-hybridized carbons (Fsp3) is 0. The summed E-state index contributed by atoms with van der Waals surface area (Å²) in [5.74, 6) is 0.399. The molecule has 0 aliphatic heterocycles. The maximum atomic E-state index is 8.51. The van der Waals surface area contributed by atoms with Crippen molar-refractivity contribution < 1.29 is 4.42 Å². The zero-order valence-electron chi connectivity index (χ0n) is 6.19. The molecule has 0 radical (unpaired) electrons. The van der Waals surface area contributed by atoms with Gasteiger partial charge in [-0.1, -0.05) is 0 Å². The van der Waals surface area contributed by atoms with Crippen molar-refractivity contribution in [3.63, 3.8) is 0 Å². The molecule has 2 aromatic heterocycles. The summed E-state index contributed by atoms with van der Waals surface area (Å²) in [6.45, 7) is 0. The fourth-order valence-corrected chi connectivity index (χ4v) is 1.95. The number of thiazole rings is 1. The smallest absolute Gasteiger partial charge is 0.247 e. The third-order valence-electron chi connectivity index (χ3n) is 1.31. The van der Waals surface area contributed by atoms with E-state index in [1.165, 1.54) is 17.6 Å². The monoisotopic (exact) mass is 303 g/mol. The lowest BCUT2D eigenvalue weighted by molar-refractivity contribution is 0.572. The van der Waals surface area contributed by atoms with Gasteiger partial charge in [-0.05, 0) is 22.6 Å². The Bertz CT molecular complexity index is 470. The number of aromatic nitrogens is 2. The highest BCUT2D eigenvalue weighted by atomic mass is 127. The van der Waals surface area contributed by atoms with Crippen LogP contribution in [0.4, 0.5) is 0 Å². The van der Waals surface area contributed by atoms with Crippen molar-refractivity contribution in [3.8, 4) is 17.7 Å². The molecule has 64 valence electrons. The lowest BCUT2D eigenvalue weighted by atomic mass is 10.5. The van der Waals surface area contributed by atoms with E-state index in [1.807, 2.05) is 11.4 Å². The van der Waals surface area contributed by atoms with Gasteiger partial charge < -0.3 is 4.42 Å². The van der Waals surface area contributed by atoms with Crippen LogP contribution in [0.1, 0.15) is 5.69 Å². The Kier molecular flexibility index (Phi) is 2.28. The van der Waals surface area contributed by atoms with Gasteiger partial charge in [-0.15, -0.1) is 11.3 Å².